The summed E-state index contributed by atoms with van der Waals surface area (Å²) in [7, 11) is 0. The Bertz CT molecular complexity index is 807. The Morgan fingerprint density at radius 3 is 2.50 bits per heavy atom. The maximum atomic E-state index is 12.0. The van der Waals surface area contributed by atoms with Crippen LogP contribution in [0.25, 0.3) is 11.8 Å². The Kier molecular flexibility index (Phi) is 4.12. The number of rotatable bonds is 4. The first kappa shape index (κ1) is 14.2. The number of hydrogen-bond acceptors (Lipinski definition) is 3. The van der Waals surface area contributed by atoms with Gasteiger partial charge in [-0.05, 0) is 36.4 Å². The van der Waals surface area contributed by atoms with Gasteiger partial charge in [-0.25, -0.2) is 4.68 Å². The predicted molar refractivity (Wildman–Crippen MR) is 86.2 cm³/mol. The lowest BCUT2D eigenvalue weighted by Gasteiger charge is -1.98. The van der Waals surface area contributed by atoms with E-state index in [1.165, 1.54) is 6.08 Å². The summed E-state index contributed by atoms with van der Waals surface area (Å²) in [6, 6.07) is 16.3. The lowest BCUT2D eigenvalue weighted by atomic mass is 10.1. The molecule has 0 saturated carbocycles. The van der Waals surface area contributed by atoms with Gasteiger partial charge in [-0.2, -0.15) is 0 Å². The number of benzene rings is 2. The Labute approximate surface area is 132 Å². The van der Waals surface area contributed by atoms with Crippen molar-refractivity contribution in [3.05, 3.63) is 83.2 Å². The molecule has 4 nitrogen and oxygen atoms in total. The van der Waals surface area contributed by atoms with E-state index in [1.54, 1.807) is 41.2 Å². The molecule has 0 aliphatic heterocycles. The Hall–Kier alpha value is -2.72. The Morgan fingerprint density at radius 2 is 1.77 bits per heavy atom. The molecule has 0 atom stereocenters. The average Bonchev–Trinajstić information content (AvgIpc) is 3.03. The highest BCUT2D eigenvalue weighted by atomic mass is 35.5. The number of aromatic nitrogens is 3. The van der Waals surface area contributed by atoms with Crippen molar-refractivity contribution in [1.82, 2.24) is 15.0 Å². The van der Waals surface area contributed by atoms with Gasteiger partial charge >= 0.3 is 0 Å². The van der Waals surface area contributed by atoms with Crippen molar-refractivity contribution in [3.63, 3.8) is 0 Å². The predicted octanol–water partition coefficient (Wildman–Crippen LogP) is 3.82. The van der Waals surface area contributed by atoms with Crippen LogP contribution in [0.15, 0.2) is 66.9 Å². The van der Waals surface area contributed by atoms with Crippen LogP contribution in [0.1, 0.15) is 16.1 Å². The molecule has 0 aliphatic carbocycles. The van der Waals surface area contributed by atoms with Crippen LogP contribution in [0.2, 0.25) is 5.02 Å². The fraction of sp³-hybridized carbons (Fsp3) is 0. The van der Waals surface area contributed by atoms with Gasteiger partial charge in [0, 0.05) is 10.6 Å². The molecule has 5 heteroatoms. The molecule has 0 amide bonds. The normalized spacial score (nSPS) is 11.0. The highest BCUT2D eigenvalue weighted by Crippen LogP contribution is 2.13. The van der Waals surface area contributed by atoms with Crippen molar-refractivity contribution in [2.24, 2.45) is 0 Å². The summed E-state index contributed by atoms with van der Waals surface area (Å²) >= 11 is 5.85. The van der Waals surface area contributed by atoms with Crippen LogP contribution in [0.3, 0.4) is 0 Å². The number of hydrogen-bond donors (Lipinski definition) is 0. The van der Waals surface area contributed by atoms with Crippen molar-refractivity contribution >= 4 is 23.5 Å². The molecule has 0 radical (unpaired) electrons. The maximum Gasteiger partial charge on any atom is 0.185 e. The second-order valence-corrected chi connectivity index (χ2v) is 5.06. The van der Waals surface area contributed by atoms with Gasteiger partial charge in [0.05, 0.1) is 11.9 Å². The highest BCUT2D eigenvalue weighted by Gasteiger charge is 2.03. The van der Waals surface area contributed by atoms with Crippen molar-refractivity contribution in [2.75, 3.05) is 0 Å². The fourth-order valence-corrected chi connectivity index (χ4v) is 2.06. The van der Waals surface area contributed by atoms with E-state index >= 15 is 0 Å². The summed E-state index contributed by atoms with van der Waals surface area (Å²) in [4.78, 5) is 12.0. The molecule has 1 heterocycles. The zero-order chi connectivity index (χ0) is 15.4. The topological polar surface area (TPSA) is 47.8 Å². The average molecular weight is 310 g/mol. The van der Waals surface area contributed by atoms with Crippen LogP contribution in [-0.2, 0) is 0 Å². The van der Waals surface area contributed by atoms with Gasteiger partial charge in [0.25, 0.3) is 0 Å². The molecule has 0 aliphatic rings. The van der Waals surface area contributed by atoms with Gasteiger partial charge in [0.2, 0.25) is 0 Å². The van der Waals surface area contributed by atoms with Crippen LogP contribution in [0, 0.1) is 0 Å². The smallest absolute Gasteiger partial charge is 0.185 e. The van der Waals surface area contributed by atoms with Crippen LogP contribution in [0.5, 0.6) is 0 Å². The van der Waals surface area contributed by atoms with Crippen LogP contribution < -0.4 is 0 Å². The molecule has 0 spiro atoms. The number of carbonyl (C=O) groups excluding carboxylic acids is 1. The van der Waals surface area contributed by atoms with Crippen molar-refractivity contribution in [3.8, 4) is 5.69 Å². The first-order valence-electron chi connectivity index (χ1n) is 6.68. The first-order valence-corrected chi connectivity index (χ1v) is 7.06. The van der Waals surface area contributed by atoms with Gasteiger partial charge in [-0.1, -0.05) is 47.1 Å². The number of allylic oxidation sites excluding steroid dienone is 1. The van der Waals surface area contributed by atoms with E-state index < -0.39 is 0 Å². The zero-order valence-corrected chi connectivity index (χ0v) is 12.3. The zero-order valence-electron chi connectivity index (χ0n) is 11.6. The molecule has 0 unspecified atom stereocenters. The van der Waals surface area contributed by atoms with E-state index in [-0.39, 0.29) is 5.78 Å². The molecule has 22 heavy (non-hydrogen) atoms. The molecular formula is C17H12ClN3O. The van der Waals surface area contributed by atoms with Gasteiger partial charge in [-0.15, -0.1) is 5.10 Å². The van der Waals surface area contributed by atoms with E-state index in [0.717, 1.165) is 5.69 Å². The minimum Gasteiger partial charge on any atom is -0.289 e. The molecule has 0 N–H and O–H groups in total. The summed E-state index contributed by atoms with van der Waals surface area (Å²) in [6.07, 6.45) is 4.89. The summed E-state index contributed by atoms with van der Waals surface area (Å²) in [5.74, 6) is -0.0679. The molecule has 2 aromatic carbocycles. The summed E-state index contributed by atoms with van der Waals surface area (Å²) in [5.41, 5.74) is 2.11. The minimum atomic E-state index is -0.0679. The summed E-state index contributed by atoms with van der Waals surface area (Å²) in [6.45, 7) is 0. The van der Waals surface area contributed by atoms with Crippen molar-refractivity contribution < 1.29 is 4.79 Å². The molecule has 3 rings (SSSR count). The number of ketones is 1. The van der Waals surface area contributed by atoms with Crippen molar-refractivity contribution in [1.29, 1.82) is 0 Å². The third-order valence-electron chi connectivity index (χ3n) is 3.07. The number of halogens is 1. The standard InChI is InChI=1S/C17H12ClN3O/c18-14-6-9-16(10-7-14)21-12-15(19-20-21)8-11-17(22)13-4-2-1-3-5-13/h1-12H/b11-8-. The number of nitrogens with zero attached hydrogens (tertiary/aromatic N) is 3. The van der Waals surface area contributed by atoms with Crippen molar-refractivity contribution in [2.45, 2.75) is 0 Å². The Morgan fingerprint density at radius 1 is 1.05 bits per heavy atom. The SMILES string of the molecule is O=C(/C=C\c1cn(-c2ccc(Cl)cc2)nn1)c1ccccc1. The van der Waals surface area contributed by atoms with E-state index in [0.29, 0.717) is 16.3 Å². The van der Waals surface area contributed by atoms with E-state index in [1.807, 2.05) is 30.3 Å². The first-order chi connectivity index (χ1) is 10.7. The minimum absolute atomic E-state index is 0.0679. The largest absolute Gasteiger partial charge is 0.289 e. The molecule has 0 fully saturated rings. The fourth-order valence-electron chi connectivity index (χ4n) is 1.93. The van der Waals surface area contributed by atoms with Crippen LogP contribution >= 0.6 is 11.6 Å². The molecular weight excluding hydrogens is 298 g/mol. The van der Waals surface area contributed by atoms with Gasteiger partial charge in [0.1, 0.15) is 5.69 Å². The maximum absolute atomic E-state index is 12.0. The summed E-state index contributed by atoms with van der Waals surface area (Å²) < 4.78 is 1.63. The number of carbonyl (C=O) groups is 1. The molecule has 108 valence electrons. The van der Waals surface area contributed by atoms with Gasteiger partial charge < -0.3 is 0 Å². The monoisotopic (exact) mass is 309 g/mol. The van der Waals surface area contributed by atoms with E-state index in [2.05, 4.69) is 10.3 Å². The summed E-state index contributed by atoms with van der Waals surface area (Å²) in [5, 5.41) is 8.71. The third kappa shape index (κ3) is 3.30. The molecule has 1 aromatic heterocycles. The lowest BCUT2D eigenvalue weighted by molar-refractivity contribution is 0.104. The Balaban J connectivity index is 1.75. The third-order valence-corrected chi connectivity index (χ3v) is 3.32. The van der Waals surface area contributed by atoms with Crippen LogP contribution in [0.4, 0.5) is 0 Å². The van der Waals surface area contributed by atoms with E-state index in [4.69, 9.17) is 11.6 Å². The quantitative estimate of drug-likeness (QED) is 0.544. The van der Waals surface area contributed by atoms with Crippen LogP contribution in [-0.4, -0.2) is 20.8 Å². The van der Waals surface area contributed by atoms with Gasteiger partial charge in [0.15, 0.2) is 5.78 Å². The molecule has 0 bridgehead atoms. The lowest BCUT2D eigenvalue weighted by Crippen LogP contribution is -1.93. The second-order valence-electron chi connectivity index (χ2n) is 4.63. The van der Waals surface area contributed by atoms with E-state index in [9.17, 15) is 4.79 Å². The molecule has 0 saturated heterocycles. The highest BCUT2D eigenvalue weighted by molar-refractivity contribution is 6.30. The van der Waals surface area contributed by atoms with Gasteiger partial charge in [-0.3, -0.25) is 4.79 Å². The second kappa shape index (κ2) is 6.37. The molecule has 3 aromatic rings.